The molecule has 0 unspecified atom stereocenters. The molecule has 1 spiro atoms. The number of carbonyl (C=O) groups excluding carboxylic acids is 2. The first-order valence-electron chi connectivity index (χ1n) is 9.20. The van der Waals surface area contributed by atoms with Crippen LogP contribution in [0.2, 0.25) is 0 Å². The first kappa shape index (κ1) is 17.0. The van der Waals surface area contributed by atoms with Crippen LogP contribution in [0.25, 0.3) is 0 Å². The summed E-state index contributed by atoms with van der Waals surface area (Å²) in [6, 6.07) is 1.94. The Kier molecular flexibility index (Phi) is 3.96. The molecule has 1 aromatic rings. The third-order valence-electron chi connectivity index (χ3n) is 5.85. The van der Waals surface area contributed by atoms with Crippen molar-refractivity contribution in [3.05, 3.63) is 21.9 Å². The third kappa shape index (κ3) is 2.99. The molecule has 6 heteroatoms. The van der Waals surface area contributed by atoms with Gasteiger partial charge in [-0.1, -0.05) is 20.8 Å². The average Bonchev–Trinajstić information content (AvgIpc) is 3.04. The van der Waals surface area contributed by atoms with Gasteiger partial charge in [0.2, 0.25) is 0 Å². The summed E-state index contributed by atoms with van der Waals surface area (Å²) < 4.78 is 0. The lowest BCUT2D eigenvalue weighted by atomic mass is 9.64. The van der Waals surface area contributed by atoms with Gasteiger partial charge in [-0.25, -0.2) is 9.69 Å². The predicted molar refractivity (Wildman–Crippen MR) is 98.2 cm³/mol. The summed E-state index contributed by atoms with van der Waals surface area (Å²) in [4.78, 5) is 30.9. The van der Waals surface area contributed by atoms with Crippen LogP contribution in [-0.2, 0) is 17.8 Å². The summed E-state index contributed by atoms with van der Waals surface area (Å²) in [6.07, 6.45) is 3.60. The minimum Gasteiger partial charge on any atom is -0.323 e. The van der Waals surface area contributed by atoms with Crippen LogP contribution in [0.5, 0.6) is 0 Å². The molecule has 3 aliphatic rings. The van der Waals surface area contributed by atoms with E-state index in [1.807, 2.05) is 0 Å². The molecular weight excluding hydrogens is 334 g/mol. The number of nitrogens with one attached hydrogen (secondary N) is 1. The van der Waals surface area contributed by atoms with E-state index in [2.05, 4.69) is 42.4 Å². The number of urea groups is 1. The van der Waals surface area contributed by atoms with Crippen molar-refractivity contribution in [1.29, 1.82) is 0 Å². The molecule has 1 saturated heterocycles. The van der Waals surface area contributed by atoms with E-state index in [4.69, 9.17) is 0 Å². The van der Waals surface area contributed by atoms with E-state index in [1.54, 1.807) is 11.3 Å². The summed E-state index contributed by atoms with van der Waals surface area (Å²) in [5.41, 5.74) is 0.722. The molecule has 1 aromatic heterocycles. The highest BCUT2D eigenvalue weighted by Crippen LogP contribution is 2.46. The van der Waals surface area contributed by atoms with Crippen LogP contribution < -0.4 is 5.32 Å². The van der Waals surface area contributed by atoms with Crippen LogP contribution >= 0.6 is 11.3 Å². The molecule has 5 nitrogen and oxygen atoms in total. The van der Waals surface area contributed by atoms with Crippen molar-refractivity contribution in [2.24, 2.45) is 11.3 Å². The van der Waals surface area contributed by atoms with E-state index >= 15 is 0 Å². The second-order valence-electron chi connectivity index (χ2n) is 8.91. The van der Waals surface area contributed by atoms with Crippen molar-refractivity contribution in [3.63, 3.8) is 0 Å². The van der Waals surface area contributed by atoms with Gasteiger partial charge in [0.15, 0.2) is 0 Å². The Bertz CT molecular complexity index is 713. The minimum absolute atomic E-state index is 0.0201. The van der Waals surface area contributed by atoms with Crippen LogP contribution in [0.4, 0.5) is 4.79 Å². The fourth-order valence-corrected chi connectivity index (χ4v) is 6.15. The maximum Gasteiger partial charge on any atom is 0.326 e. The number of hydrogen-bond acceptors (Lipinski definition) is 4. The third-order valence-corrected chi connectivity index (χ3v) is 6.88. The number of amides is 3. The van der Waals surface area contributed by atoms with Crippen LogP contribution in [0.1, 0.15) is 50.5 Å². The molecule has 0 aromatic carbocycles. The Hall–Kier alpha value is -1.40. The zero-order valence-corrected chi connectivity index (χ0v) is 16.1. The van der Waals surface area contributed by atoms with E-state index in [1.165, 1.54) is 15.3 Å². The van der Waals surface area contributed by atoms with Crippen LogP contribution in [-0.4, -0.2) is 40.5 Å². The summed E-state index contributed by atoms with van der Waals surface area (Å²) in [5.74, 6) is 0.421. The van der Waals surface area contributed by atoms with Crippen molar-refractivity contribution in [1.82, 2.24) is 15.1 Å². The summed E-state index contributed by atoms with van der Waals surface area (Å²) in [5, 5.41) is 5.20. The van der Waals surface area contributed by atoms with Crippen LogP contribution in [0.3, 0.4) is 0 Å². The fourth-order valence-electron chi connectivity index (χ4n) is 5.26. The molecule has 3 heterocycles. The molecule has 2 atom stereocenters. The second kappa shape index (κ2) is 5.81. The molecule has 0 bridgehead atoms. The zero-order chi connectivity index (χ0) is 17.8. The minimum atomic E-state index is -0.693. The number of hydrogen-bond donors (Lipinski definition) is 1. The summed E-state index contributed by atoms with van der Waals surface area (Å²) in [6.45, 7) is 8.72. The highest BCUT2D eigenvalue weighted by atomic mass is 32.1. The van der Waals surface area contributed by atoms with Crippen LogP contribution in [0.15, 0.2) is 11.4 Å². The second-order valence-corrected chi connectivity index (χ2v) is 9.91. The van der Waals surface area contributed by atoms with Gasteiger partial charge in [0, 0.05) is 18.0 Å². The van der Waals surface area contributed by atoms with Gasteiger partial charge in [0.25, 0.3) is 5.91 Å². The molecule has 1 saturated carbocycles. The van der Waals surface area contributed by atoms with E-state index in [0.717, 1.165) is 38.8 Å². The Labute approximate surface area is 153 Å². The van der Waals surface area contributed by atoms with Crippen molar-refractivity contribution in [2.75, 3.05) is 13.2 Å². The maximum absolute atomic E-state index is 13.2. The number of rotatable bonds is 2. The molecule has 4 rings (SSSR count). The molecule has 3 amide bonds. The highest BCUT2D eigenvalue weighted by Gasteiger charge is 2.56. The highest BCUT2D eigenvalue weighted by molar-refractivity contribution is 7.10. The number of fused-ring (bicyclic) bond motifs is 1. The SMILES string of the molecule is C[C@@H]1CC(C)(C)C[C@@]2(C1)NC(=O)N(CN1CCc3sccc3C1)C2=O. The normalized spacial score (nSPS) is 32.1. The van der Waals surface area contributed by atoms with Gasteiger partial charge in [-0.05, 0) is 54.0 Å². The van der Waals surface area contributed by atoms with Gasteiger partial charge >= 0.3 is 6.03 Å². The Morgan fingerprint density at radius 1 is 1.32 bits per heavy atom. The van der Waals surface area contributed by atoms with Gasteiger partial charge < -0.3 is 5.32 Å². The molecule has 2 fully saturated rings. The number of nitrogens with zero attached hydrogens (tertiary/aromatic N) is 2. The van der Waals surface area contributed by atoms with Crippen molar-refractivity contribution >= 4 is 23.3 Å². The smallest absolute Gasteiger partial charge is 0.323 e. The predicted octanol–water partition coefficient (Wildman–Crippen LogP) is 3.20. The number of imide groups is 1. The van der Waals surface area contributed by atoms with E-state index in [-0.39, 0.29) is 17.4 Å². The molecule has 136 valence electrons. The van der Waals surface area contributed by atoms with Gasteiger partial charge in [0.1, 0.15) is 5.54 Å². The fraction of sp³-hybridized carbons (Fsp3) is 0.684. The molecule has 1 N–H and O–H groups in total. The van der Waals surface area contributed by atoms with Gasteiger partial charge in [-0.3, -0.25) is 9.69 Å². The lowest BCUT2D eigenvalue weighted by molar-refractivity contribution is -0.136. The molecular formula is C19H27N3O2S. The van der Waals surface area contributed by atoms with Crippen molar-refractivity contribution in [3.8, 4) is 0 Å². The lowest BCUT2D eigenvalue weighted by Gasteiger charge is -2.44. The van der Waals surface area contributed by atoms with Gasteiger partial charge in [-0.2, -0.15) is 0 Å². The zero-order valence-electron chi connectivity index (χ0n) is 15.3. The summed E-state index contributed by atoms with van der Waals surface area (Å²) in [7, 11) is 0. The topological polar surface area (TPSA) is 52.7 Å². The largest absolute Gasteiger partial charge is 0.326 e. The van der Waals surface area contributed by atoms with Gasteiger partial charge in [-0.15, -0.1) is 11.3 Å². The summed E-state index contributed by atoms with van der Waals surface area (Å²) >= 11 is 1.80. The van der Waals surface area contributed by atoms with E-state index < -0.39 is 5.54 Å². The molecule has 2 aliphatic heterocycles. The Morgan fingerprint density at radius 2 is 2.12 bits per heavy atom. The molecule has 25 heavy (non-hydrogen) atoms. The number of thiophene rings is 1. The average molecular weight is 362 g/mol. The molecule has 1 aliphatic carbocycles. The monoisotopic (exact) mass is 361 g/mol. The van der Waals surface area contributed by atoms with Crippen molar-refractivity contribution < 1.29 is 9.59 Å². The molecule has 0 radical (unpaired) electrons. The first-order valence-corrected chi connectivity index (χ1v) is 10.1. The standard InChI is InChI=1S/C19H27N3O2S/c1-13-8-18(2,3)11-19(9-13)16(23)22(17(24)20-19)12-21-6-4-15-14(10-21)5-7-25-15/h5,7,13H,4,6,8-12H2,1-3H3,(H,20,24)/t13-,19-/m1/s1. The van der Waals surface area contributed by atoms with E-state index in [0.29, 0.717) is 12.6 Å². The van der Waals surface area contributed by atoms with Crippen molar-refractivity contribution in [2.45, 2.75) is 58.5 Å². The Morgan fingerprint density at radius 3 is 2.88 bits per heavy atom. The lowest BCUT2D eigenvalue weighted by Crippen LogP contribution is -2.54. The van der Waals surface area contributed by atoms with Crippen LogP contribution in [0, 0.1) is 11.3 Å². The first-order chi connectivity index (χ1) is 11.8. The quantitative estimate of drug-likeness (QED) is 0.823. The van der Waals surface area contributed by atoms with Gasteiger partial charge in [0.05, 0.1) is 6.67 Å². The maximum atomic E-state index is 13.2. The van der Waals surface area contributed by atoms with E-state index in [9.17, 15) is 9.59 Å². The number of carbonyl (C=O) groups is 2. The Balaban J connectivity index is 1.50.